The number of allylic oxidation sites excluding steroid dienone is 7. The second-order valence-corrected chi connectivity index (χ2v) is 14.8. The second kappa shape index (κ2) is 9.49. The van der Waals surface area contributed by atoms with Gasteiger partial charge in [-0.2, -0.15) is 10.5 Å². The Bertz CT molecular complexity index is 2400. The fourth-order valence-electron chi connectivity index (χ4n) is 8.55. The minimum absolute atomic E-state index is 0.0196. The molecule has 2 heterocycles. The number of nitriles is 2. The molecular weight excluding hydrogens is 579 g/mol. The van der Waals surface area contributed by atoms with E-state index >= 15 is 0 Å². The highest BCUT2D eigenvalue weighted by atomic mass is 32.2. The van der Waals surface area contributed by atoms with Crippen molar-refractivity contribution in [2.45, 2.75) is 54.2 Å². The molecule has 1 aliphatic heterocycles. The van der Waals surface area contributed by atoms with Crippen LogP contribution in [-0.4, -0.2) is 9.82 Å². The Morgan fingerprint density at radius 3 is 2.43 bits per heavy atom. The van der Waals surface area contributed by atoms with Gasteiger partial charge in [0.25, 0.3) is 0 Å². The molecule has 5 aromatic rings. The van der Waals surface area contributed by atoms with E-state index in [1.807, 2.05) is 30.0 Å². The van der Waals surface area contributed by atoms with E-state index in [2.05, 4.69) is 129 Å². The van der Waals surface area contributed by atoms with Crippen molar-refractivity contribution in [3.05, 3.63) is 148 Å². The van der Waals surface area contributed by atoms with Crippen LogP contribution in [0.2, 0.25) is 0 Å². The molecule has 0 saturated carbocycles. The van der Waals surface area contributed by atoms with Gasteiger partial charge >= 0.3 is 0 Å². The van der Waals surface area contributed by atoms with Gasteiger partial charge in [0.2, 0.25) is 0 Å². The molecule has 3 atom stereocenters. The fraction of sp³-hybridized carbons (Fsp3) is 0.190. The van der Waals surface area contributed by atoms with Crippen molar-refractivity contribution in [1.82, 2.24) is 4.57 Å². The first kappa shape index (κ1) is 27.3. The molecule has 9 rings (SSSR count). The third kappa shape index (κ3) is 3.54. The van der Waals surface area contributed by atoms with Crippen LogP contribution in [0, 0.1) is 22.7 Å². The molecule has 1 aromatic heterocycles. The molecule has 46 heavy (non-hydrogen) atoms. The van der Waals surface area contributed by atoms with E-state index in [1.165, 1.54) is 43.9 Å². The summed E-state index contributed by atoms with van der Waals surface area (Å²) in [6.45, 7) is 7.10. The van der Waals surface area contributed by atoms with Crippen molar-refractivity contribution in [2.24, 2.45) is 0 Å². The number of aromatic nitrogens is 1. The molecule has 220 valence electrons. The zero-order valence-electron chi connectivity index (χ0n) is 26.0. The Morgan fingerprint density at radius 1 is 0.804 bits per heavy atom. The summed E-state index contributed by atoms with van der Waals surface area (Å²) in [5, 5.41) is 22.2. The van der Waals surface area contributed by atoms with Gasteiger partial charge in [0, 0.05) is 54.8 Å². The molecule has 0 fully saturated rings. The van der Waals surface area contributed by atoms with E-state index < -0.39 is 0 Å². The lowest BCUT2D eigenvalue weighted by Crippen LogP contribution is -2.30. The molecule has 0 spiro atoms. The molecule has 3 nitrogen and oxygen atoms in total. The minimum atomic E-state index is -0.173. The molecule has 0 saturated heterocycles. The van der Waals surface area contributed by atoms with Gasteiger partial charge in [-0.05, 0) is 69.3 Å². The van der Waals surface area contributed by atoms with Crippen molar-refractivity contribution in [1.29, 1.82) is 10.5 Å². The summed E-state index contributed by atoms with van der Waals surface area (Å²) in [5.41, 5.74) is 12.9. The quantitative estimate of drug-likeness (QED) is 0.200. The summed E-state index contributed by atoms with van der Waals surface area (Å²) in [6.07, 6.45) is 12.0. The molecule has 4 aromatic carbocycles. The monoisotopic (exact) mass is 609 g/mol. The zero-order valence-corrected chi connectivity index (χ0v) is 26.8. The van der Waals surface area contributed by atoms with Crippen molar-refractivity contribution in [3.63, 3.8) is 0 Å². The van der Waals surface area contributed by atoms with Gasteiger partial charge in [0.15, 0.2) is 0 Å². The Balaban J connectivity index is 1.22. The Morgan fingerprint density at radius 2 is 1.59 bits per heavy atom. The third-order valence-electron chi connectivity index (χ3n) is 10.9. The smallest absolute Gasteiger partial charge is 0.0991 e. The molecule has 4 aliphatic rings. The van der Waals surface area contributed by atoms with E-state index in [-0.39, 0.29) is 16.9 Å². The first-order valence-corrected chi connectivity index (χ1v) is 16.8. The van der Waals surface area contributed by atoms with Crippen LogP contribution in [0.3, 0.4) is 0 Å². The van der Waals surface area contributed by atoms with Crippen LogP contribution in [0.1, 0.15) is 55.5 Å². The average Bonchev–Trinajstić information content (AvgIpc) is 3.66. The van der Waals surface area contributed by atoms with Crippen molar-refractivity contribution >= 4 is 33.6 Å². The zero-order chi connectivity index (χ0) is 31.4. The van der Waals surface area contributed by atoms with Crippen LogP contribution in [-0.2, 0) is 10.8 Å². The molecule has 0 radical (unpaired) electrons. The van der Waals surface area contributed by atoms with Crippen LogP contribution < -0.4 is 0 Å². The second-order valence-electron chi connectivity index (χ2n) is 13.7. The van der Waals surface area contributed by atoms with Gasteiger partial charge in [-0.25, -0.2) is 0 Å². The van der Waals surface area contributed by atoms with Gasteiger partial charge in [-0.3, -0.25) is 0 Å². The van der Waals surface area contributed by atoms with Gasteiger partial charge in [0.1, 0.15) is 0 Å². The maximum absolute atomic E-state index is 10.0. The van der Waals surface area contributed by atoms with Crippen LogP contribution in [0.5, 0.6) is 0 Å². The van der Waals surface area contributed by atoms with Crippen LogP contribution in [0.15, 0.2) is 131 Å². The van der Waals surface area contributed by atoms with E-state index in [4.69, 9.17) is 0 Å². The minimum Gasteiger partial charge on any atom is -0.332 e. The van der Waals surface area contributed by atoms with Crippen LogP contribution >= 0.6 is 11.8 Å². The molecule has 3 aliphatic carbocycles. The van der Waals surface area contributed by atoms with Gasteiger partial charge in [0.05, 0.1) is 23.7 Å². The molecule has 0 N–H and O–H groups in total. The predicted octanol–water partition coefficient (Wildman–Crippen LogP) is 10.2. The topological polar surface area (TPSA) is 52.5 Å². The lowest BCUT2D eigenvalue weighted by atomic mass is 9.72. The number of hydrogen-bond acceptors (Lipinski definition) is 3. The largest absolute Gasteiger partial charge is 0.332 e. The van der Waals surface area contributed by atoms with Crippen LogP contribution in [0.25, 0.3) is 32.9 Å². The van der Waals surface area contributed by atoms with Gasteiger partial charge in [-0.1, -0.05) is 99.7 Å². The number of thioether (sulfide) groups is 1. The number of benzene rings is 4. The molecule has 4 heteroatoms. The number of rotatable bonds is 2. The summed E-state index contributed by atoms with van der Waals surface area (Å²) >= 11 is 2.01. The number of nitrogens with zero attached hydrogens (tertiary/aromatic N) is 3. The third-order valence-corrected chi connectivity index (χ3v) is 12.4. The summed E-state index contributed by atoms with van der Waals surface area (Å²) in [6, 6.07) is 32.8. The van der Waals surface area contributed by atoms with Gasteiger partial charge in [-0.15, -0.1) is 11.8 Å². The van der Waals surface area contributed by atoms with Crippen LogP contribution in [0.4, 0.5) is 0 Å². The van der Waals surface area contributed by atoms with Crippen molar-refractivity contribution < 1.29 is 0 Å². The first-order chi connectivity index (χ1) is 22.3. The highest BCUT2D eigenvalue weighted by Crippen LogP contribution is 2.61. The normalized spacial score (nSPS) is 23.5. The molecule has 0 bridgehead atoms. The number of para-hydroxylation sites is 1. The first-order valence-electron chi connectivity index (χ1n) is 15.9. The average molecular weight is 610 g/mol. The van der Waals surface area contributed by atoms with Gasteiger partial charge < -0.3 is 4.57 Å². The summed E-state index contributed by atoms with van der Waals surface area (Å²) in [4.78, 5) is 1.42. The molecule has 3 unspecified atom stereocenters. The van der Waals surface area contributed by atoms with E-state index in [9.17, 15) is 10.5 Å². The fourth-order valence-corrected chi connectivity index (χ4v) is 10.2. The predicted molar refractivity (Wildman–Crippen MR) is 188 cm³/mol. The van der Waals surface area contributed by atoms with E-state index in [0.29, 0.717) is 17.2 Å². The highest BCUT2D eigenvalue weighted by molar-refractivity contribution is 8.00. The molecule has 0 amide bonds. The SMILES string of the molecule is CC1(C)c2ccccc2-c2c1ccc1c2SC2C=CC(C3=CC=C(C#N)CC3n3c4ccccc4c4cc(C#N)ccc43)=CC12C. The van der Waals surface area contributed by atoms with Crippen molar-refractivity contribution in [2.75, 3.05) is 0 Å². The highest BCUT2D eigenvalue weighted by Gasteiger charge is 2.47. The lowest BCUT2D eigenvalue weighted by molar-refractivity contribution is 0.589. The maximum atomic E-state index is 10.0. The Kier molecular flexibility index (Phi) is 5.63. The maximum Gasteiger partial charge on any atom is 0.0991 e. The van der Waals surface area contributed by atoms with E-state index in [1.54, 1.807) is 0 Å². The summed E-state index contributed by atoms with van der Waals surface area (Å²) in [5.74, 6) is 0. The number of fused-ring (bicyclic) bond motifs is 10. The Hall–Kier alpha value is -5.03. The van der Waals surface area contributed by atoms with E-state index in [0.717, 1.165) is 27.4 Å². The number of hydrogen-bond donors (Lipinski definition) is 0. The summed E-state index contributed by atoms with van der Waals surface area (Å²) in [7, 11) is 0. The molecular formula is C42H31N3S. The summed E-state index contributed by atoms with van der Waals surface area (Å²) < 4.78 is 2.40. The van der Waals surface area contributed by atoms with Crippen molar-refractivity contribution in [3.8, 4) is 23.3 Å². The lowest BCUT2D eigenvalue weighted by Gasteiger charge is -2.34. The standard InChI is InChI=1S/C42H31N3S/c1-41(2)32-10-6-4-9-30(32)39-33(41)16-17-34-40(39)46-38-19-14-27(22-42(34,38)3)28-15-12-26(24-44)21-37(28)45-35-11-7-5-8-29(35)31-20-25(23-43)13-18-36(31)45/h4-20,22,37-38H,21H2,1-3H3. The Labute approximate surface area is 273 Å².